The summed E-state index contributed by atoms with van der Waals surface area (Å²) < 4.78 is 37.0. The van der Waals surface area contributed by atoms with Crippen LogP contribution in [0.4, 0.5) is 8.78 Å². The molecule has 0 bridgehead atoms. The normalized spacial score (nSPS) is 15.5. The third-order valence-electron chi connectivity index (χ3n) is 8.10. The molecule has 5 rings (SSSR count). The van der Waals surface area contributed by atoms with Crippen LogP contribution >= 0.6 is 0 Å². The van der Waals surface area contributed by atoms with E-state index in [-0.39, 0.29) is 17.5 Å². The highest BCUT2D eigenvalue weighted by atomic mass is 19.1. The number of aryl methyl sites for hydroxylation is 3. The van der Waals surface area contributed by atoms with Crippen molar-refractivity contribution in [3.8, 4) is 11.1 Å². The topological polar surface area (TPSA) is 80.2 Å². The second kappa shape index (κ2) is 12.8. The lowest BCUT2D eigenvalue weighted by Gasteiger charge is -2.34. The van der Waals surface area contributed by atoms with E-state index >= 15 is 4.39 Å². The number of aromatic amines is 1. The predicted octanol–water partition coefficient (Wildman–Crippen LogP) is 5.74. The second-order valence-electron chi connectivity index (χ2n) is 10.8. The summed E-state index contributed by atoms with van der Waals surface area (Å²) in [6.45, 7) is 4.16. The monoisotopic (exact) mass is 562 g/mol. The summed E-state index contributed by atoms with van der Waals surface area (Å²) in [5.74, 6) is -0.725. The van der Waals surface area contributed by atoms with Crippen LogP contribution in [-0.2, 0) is 22.5 Å². The molecule has 1 fully saturated rings. The Balaban J connectivity index is 1.25. The van der Waals surface area contributed by atoms with Gasteiger partial charge in [0.25, 0.3) is 0 Å². The van der Waals surface area contributed by atoms with E-state index in [1.165, 1.54) is 12.1 Å². The maximum atomic E-state index is 15.0. The first-order chi connectivity index (χ1) is 19.9. The van der Waals surface area contributed by atoms with Crippen molar-refractivity contribution >= 4 is 16.8 Å². The zero-order valence-corrected chi connectivity index (χ0v) is 23.6. The molecule has 0 spiro atoms. The molecule has 0 aliphatic carbocycles. The molecule has 3 heterocycles. The highest BCUT2D eigenvalue weighted by molar-refractivity contribution is 5.87. The lowest BCUT2D eigenvalue weighted by atomic mass is 9.91. The molecule has 1 saturated heterocycles. The van der Waals surface area contributed by atoms with Crippen molar-refractivity contribution in [2.75, 3.05) is 26.8 Å². The number of H-pyrrole nitrogens is 1. The quantitative estimate of drug-likeness (QED) is 0.250. The van der Waals surface area contributed by atoms with Crippen LogP contribution in [0.15, 0.2) is 53.6 Å². The highest BCUT2D eigenvalue weighted by Gasteiger charge is 2.30. The molecule has 1 amide bonds. The van der Waals surface area contributed by atoms with Gasteiger partial charge >= 0.3 is 5.69 Å². The smallest absolute Gasteiger partial charge is 0.344 e. The minimum absolute atomic E-state index is 0.0106. The maximum absolute atomic E-state index is 15.0. The van der Waals surface area contributed by atoms with E-state index in [4.69, 9.17) is 4.74 Å². The predicted molar refractivity (Wildman–Crippen MR) is 155 cm³/mol. The minimum Gasteiger partial charge on any atom is -0.385 e. The van der Waals surface area contributed by atoms with Crippen LogP contribution in [0.1, 0.15) is 54.8 Å². The number of nitrogens with zero attached hydrogens (tertiary/aromatic N) is 3. The third kappa shape index (κ3) is 6.25. The molecular formula is C32H36F2N4O3. The number of likely N-dealkylation sites (tertiary alicyclic amines) is 1. The van der Waals surface area contributed by atoms with Crippen LogP contribution < -0.4 is 5.69 Å². The lowest BCUT2D eigenvalue weighted by molar-refractivity contribution is -0.132. The Hall–Kier alpha value is -3.85. The summed E-state index contributed by atoms with van der Waals surface area (Å²) in [5, 5.41) is 0.337. The van der Waals surface area contributed by atoms with Gasteiger partial charge in [-0.1, -0.05) is 24.3 Å². The maximum Gasteiger partial charge on any atom is 0.344 e. The summed E-state index contributed by atoms with van der Waals surface area (Å²) in [7, 11) is 1.63. The Labute approximate surface area is 238 Å². The van der Waals surface area contributed by atoms with Gasteiger partial charge in [0, 0.05) is 74.7 Å². The number of amides is 1. The van der Waals surface area contributed by atoms with E-state index in [1.807, 2.05) is 40.7 Å². The van der Waals surface area contributed by atoms with Gasteiger partial charge in [0.2, 0.25) is 5.91 Å². The van der Waals surface area contributed by atoms with Crippen LogP contribution in [0.3, 0.4) is 0 Å². The fourth-order valence-corrected chi connectivity index (χ4v) is 6.13. The number of hydrogen-bond acceptors (Lipinski definition) is 4. The van der Waals surface area contributed by atoms with E-state index in [0.717, 1.165) is 53.6 Å². The Morgan fingerprint density at radius 2 is 1.88 bits per heavy atom. The summed E-state index contributed by atoms with van der Waals surface area (Å²) >= 11 is 0. The van der Waals surface area contributed by atoms with Crippen molar-refractivity contribution in [2.24, 2.45) is 0 Å². The third-order valence-corrected chi connectivity index (χ3v) is 8.10. The summed E-state index contributed by atoms with van der Waals surface area (Å²) in [6, 6.07) is 10.4. The van der Waals surface area contributed by atoms with Crippen LogP contribution in [0.5, 0.6) is 0 Å². The molecule has 2 aromatic carbocycles. The lowest BCUT2D eigenvalue weighted by Crippen LogP contribution is -2.39. The molecule has 1 atom stereocenters. The number of ether oxygens (including phenoxy) is 1. The van der Waals surface area contributed by atoms with Gasteiger partial charge in [-0.05, 0) is 67.9 Å². The van der Waals surface area contributed by atoms with Crippen LogP contribution in [-0.4, -0.2) is 52.1 Å². The Kier molecular flexibility index (Phi) is 8.93. The summed E-state index contributed by atoms with van der Waals surface area (Å²) in [6.07, 6.45) is 7.53. The largest absolute Gasteiger partial charge is 0.385 e. The molecule has 0 saturated carbocycles. The first-order valence-corrected chi connectivity index (χ1v) is 14.2. The number of carbonyl (C=O) groups excluding carboxylic acids is 1. The van der Waals surface area contributed by atoms with Gasteiger partial charge in [0.1, 0.15) is 11.6 Å². The number of nitrogens with one attached hydrogen (secondary N) is 1. The average molecular weight is 563 g/mol. The number of benzene rings is 2. The van der Waals surface area contributed by atoms with Crippen molar-refractivity contribution in [1.29, 1.82) is 0 Å². The van der Waals surface area contributed by atoms with Crippen LogP contribution in [0, 0.1) is 18.6 Å². The Bertz CT molecular complexity index is 1560. The van der Waals surface area contributed by atoms with E-state index in [9.17, 15) is 14.0 Å². The minimum atomic E-state index is -0.430. The number of rotatable bonds is 10. The molecular weight excluding hydrogens is 526 g/mol. The molecule has 1 N–H and O–H groups in total. The highest BCUT2D eigenvalue weighted by Crippen LogP contribution is 2.38. The number of fused-ring (bicyclic) bond motifs is 1. The Morgan fingerprint density at radius 1 is 1.10 bits per heavy atom. The van der Waals surface area contributed by atoms with Gasteiger partial charge in [-0.2, -0.15) is 0 Å². The average Bonchev–Trinajstić information content (AvgIpc) is 3.29. The fraction of sp³-hybridized carbons (Fsp3) is 0.406. The van der Waals surface area contributed by atoms with Gasteiger partial charge < -0.3 is 19.2 Å². The molecule has 41 heavy (non-hydrogen) atoms. The number of hydrogen-bond donors (Lipinski definition) is 1. The molecule has 1 aliphatic heterocycles. The standard InChI is InChI=1S/C32H36F2N4O3/c1-21-29-26(33)13-14-27(34)31(29)38(16-5-17-41-2)30(21)24-7-4-15-37(20-24)28(39)8-3-6-22-9-11-23(12-10-22)25-18-35-32(40)36-19-25/h9-14,18-19,24H,3-8,15-17,20H2,1-2H3,(H,35,36,40). The van der Waals surface area contributed by atoms with Crippen molar-refractivity contribution in [3.05, 3.63) is 87.7 Å². The molecule has 216 valence electrons. The first kappa shape index (κ1) is 28.7. The van der Waals surface area contributed by atoms with E-state index in [0.29, 0.717) is 50.0 Å². The SMILES string of the molecule is COCCCn1c(C2CCCN(C(=O)CCCc3ccc(-c4cnc(=O)[nH]c4)cc3)C2)c(C)c2c(F)ccc(F)c21. The van der Waals surface area contributed by atoms with Crippen molar-refractivity contribution in [2.45, 2.75) is 57.9 Å². The van der Waals surface area contributed by atoms with E-state index < -0.39 is 11.6 Å². The van der Waals surface area contributed by atoms with E-state index in [1.54, 1.807) is 19.5 Å². The molecule has 4 aromatic rings. The van der Waals surface area contributed by atoms with Crippen molar-refractivity contribution in [3.63, 3.8) is 0 Å². The number of carbonyl (C=O) groups is 1. The molecule has 9 heteroatoms. The number of piperidine rings is 1. The van der Waals surface area contributed by atoms with E-state index in [2.05, 4.69) is 9.97 Å². The first-order valence-electron chi connectivity index (χ1n) is 14.2. The van der Waals surface area contributed by atoms with Crippen LogP contribution in [0.2, 0.25) is 0 Å². The van der Waals surface area contributed by atoms with Gasteiger partial charge in [-0.25, -0.2) is 18.6 Å². The van der Waals surface area contributed by atoms with Gasteiger partial charge in [-0.3, -0.25) is 4.79 Å². The molecule has 1 unspecified atom stereocenters. The zero-order chi connectivity index (χ0) is 28.9. The number of aromatic nitrogens is 3. The molecule has 0 radical (unpaired) electrons. The summed E-state index contributed by atoms with van der Waals surface area (Å²) in [5.41, 5.74) is 4.55. The van der Waals surface area contributed by atoms with Gasteiger partial charge in [0.05, 0.1) is 5.52 Å². The zero-order valence-electron chi connectivity index (χ0n) is 23.6. The number of halogens is 2. The van der Waals surface area contributed by atoms with Gasteiger partial charge in [-0.15, -0.1) is 0 Å². The molecule has 2 aromatic heterocycles. The van der Waals surface area contributed by atoms with Crippen molar-refractivity contribution < 1.29 is 18.3 Å². The summed E-state index contributed by atoms with van der Waals surface area (Å²) in [4.78, 5) is 32.7. The number of methoxy groups -OCH3 is 1. The van der Waals surface area contributed by atoms with Gasteiger partial charge in [0.15, 0.2) is 0 Å². The van der Waals surface area contributed by atoms with Crippen LogP contribution in [0.25, 0.3) is 22.0 Å². The van der Waals surface area contributed by atoms with Crippen molar-refractivity contribution in [1.82, 2.24) is 19.4 Å². The Morgan fingerprint density at radius 3 is 2.61 bits per heavy atom. The molecule has 7 nitrogen and oxygen atoms in total. The fourth-order valence-electron chi connectivity index (χ4n) is 6.13. The second-order valence-corrected chi connectivity index (χ2v) is 10.8. The molecule has 1 aliphatic rings.